The molecule has 0 spiro atoms. The summed E-state index contributed by atoms with van der Waals surface area (Å²) in [5, 5.41) is 11.7. The molecule has 5 aliphatic carbocycles. The SMILES string of the molecule is COc1cccc(CCN2[C@@H]3[C@H]4[C@H]5[C@@H]6C[C@@H]7[C@H]5[C@H]4[C@]2(O)[C@@H]7[C@@H]63)c1. The van der Waals surface area contributed by atoms with Crippen molar-refractivity contribution in [3.8, 4) is 5.75 Å². The Morgan fingerprint density at radius 3 is 2.96 bits per heavy atom. The number of hydrogen-bond donors (Lipinski definition) is 1. The maximum absolute atomic E-state index is 11.7. The van der Waals surface area contributed by atoms with Crippen LogP contribution in [0.5, 0.6) is 5.75 Å². The smallest absolute Gasteiger partial charge is 0.125 e. The fourth-order valence-corrected chi connectivity index (χ4v) is 8.94. The predicted octanol–water partition coefficient (Wildman–Crippen LogP) is 2.00. The molecule has 7 aliphatic rings. The molecule has 3 heteroatoms. The first-order valence-corrected chi connectivity index (χ1v) is 9.37. The first-order valence-electron chi connectivity index (χ1n) is 9.37. The number of hydrogen-bond acceptors (Lipinski definition) is 3. The number of ether oxygens (including phenoxy) is 1. The summed E-state index contributed by atoms with van der Waals surface area (Å²) in [4.78, 5) is 2.57. The van der Waals surface area contributed by atoms with Gasteiger partial charge in [-0.05, 0) is 66.0 Å². The highest BCUT2D eigenvalue weighted by atomic mass is 16.5. The van der Waals surface area contributed by atoms with Crippen molar-refractivity contribution >= 4 is 0 Å². The van der Waals surface area contributed by atoms with Crippen LogP contribution in [0.4, 0.5) is 0 Å². The molecule has 1 N–H and O–H groups in total. The fraction of sp³-hybridized carbons (Fsp3) is 0.700. The largest absolute Gasteiger partial charge is 0.497 e. The molecule has 0 radical (unpaired) electrons. The van der Waals surface area contributed by atoms with E-state index in [-0.39, 0.29) is 0 Å². The van der Waals surface area contributed by atoms with Gasteiger partial charge in [-0.25, -0.2) is 0 Å². The van der Waals surface area contributed by atoms with Crippen molar-refractivity contribution in [3.05, 3.63) is 29.8 Å². The molecule has 2 heterocycles. The van der Waals surface area contributed by atoms with Crippen LogP contribution in [0.15, 0.2) is 24.3 Å². The third-order valence-corrected chi connectivity index (χ3v) is 8.99. The van der Waals surface area contributed by atoms with E-state index in [2.05, 4.69) is 23.1 Å². The lowest BCUT2D eigenvalue weighted by atomic mass is 9.59. The molecule has 120 valence electrons. The van der Waals surface area contributed by atoms with E-state index in [4.69, 9.17) is 4.74 Å². The number of aliphatic hydroxyl groups is 1. The molecule has 7 fully saturated rings. The van der Waals surface area contributed by atoms with Crippen molar-refractivity contribution in [1.82, 2.24) is 4.90 Å². The van der Waals surface area contributed by atoms with Gasteiger partial charge in [-0.1, -0.05) is 12.1 Å². The molecule has 10 atom stereocenters. The molecule has 3 nitrogen and oxygen atoms in total. The van der Waals surface area contributed by atoms with Gasteiger partial charge in [0, 0.05) is 24.4 Å². The highest BCUT2D eigenvalue weighted by Crippen LogP contribution is 2.90. The minimum atomic E-state index is -0.421. The number of rotatable bonds is 4. The Balaban J connectivity index is 1.22. The van der Waals surface area contributed by atoms with E-state index in [1.807, 2.05) is 6.07 Å². The lowest BCUT2D eigenvalue weighted by Crippen LogP contribution is -2.51. The second-order valence-electron chi connectivity index (χ2n) is 8.99. The molecule has 23 heavy (non-hydrogen) atoms. The monoisotopic (exact) mass is 309 g/mol. The first kappa shape index (κ1) is 12.3. The normalized spacial score (nSPS) is 58.6. The topological polar surface area (TPSA) is 32.7 Å². The van der Waals surface area contributed by atoms with Gasteiger partial charge in [0.1, 0.15) is 11.5 Å². The Morgan fingerprint density at radius 2 is 2.09 bits per heavy atom. The zero-order valence-electron chi connectivity index (χ0n) is 13.4. The summed E-state index contributed by atoms with van der Waals surface area (Å²) in [5.41, 5.74) is 0.909. The Hall–Kier alpha value is -1.06. The molecule has 1 aromatic carbocycles. The Morgan fingerprint density at radius 1 is 1.17 bits per heavy atom. The molecule has 8 rings (SSSR count). The van der Waals surface area contributed by atoms with Crippen LogP contribution >= 0.6 is 0 Å². The average molecular weight is 309 g/mol. The van der Waals surface area contributed by atoms with Crippen LogP contribution in [-0.2, 0) is 6.42 Å². The van der Waals surface area contributed by atoms with Crippen LogP contribution < -0.4 is 4.74 Å². The maximum Gasteiger partial charge on any atom is 0.125 e. The van der Waals surface area contributed by atoms with Crippen molar-refractivity contribution in [1.29, 1.82) is 0 Å². The first-order chi connectivity index (χ1) is 11.2. The van der Waals surface area contributed by atoms with Crippen LogP contribution in [0.25, 0.3) is 0 Å². The molecule has 4 bridgehead atoms. The molecule has 1 aromatic rings. The molecule has 0 unspecified atom stereocenters. The molecule has 2 saturated heterocycles. The number of nitrogens with zero attached hydrogens (tertiary/aromatic N) is 1. The zero-order valence-corrected chi connectivity index (χ0v) is 13.4. The van der Waals surface area contributed by atoms with E-state index in [9.17, 15) is 5.11 Å². The van der Waals surface area contributed by atoms with Crippen molar-refractivity contribution in [2.45, 2.75) is 24.6 Å². The summed E-state index contributed by atoms with van der Waals surface area (Å²) in [5.74, 6) is 7.69. The summed E-state index contributed by atoms with van der Waals surface area (Å²) in [7, 11) is 1.73. The number of benzene rings is 1. The van der Waals surface area contributed by atoms with Crippen molar-refractivity contribution in [2.24, 2.45) is 47.3 Å². The summed E-state index contributed by atoms with van der Waals surface area (Å²) in [6.07, 6.45) is 2.49. The van der Waals surface area contributed by atoms with E-state index < -0.39 is 5.72 Å². The minimum Gasteiger partial charge on any atom is -0.497 e. The van der Waals surface area contributed by atoms with Crippen molar-refractivity contribution in [3.63, 3.8) is 0 Å². The van der Waals surface area contributed by atoms with E-state index >= 15 is 0 Å². The van der Waals surface area contributed by atoms with Gasteiger partial charge in [0.05, 0.1) is 7.11 Å². The van der Waals surface area contributed by atoms with Crippen LogP contribution in [0.1, 0.15) is 12.0 Å². The Kier molecular flexibility index (Phi) is 1.86. The minimum absolute atomic E-state index is 0.421. The lowest BCUT2D eigenvalue weighted by Gasteiger charge is -2.45. The zero-order chi connectivity index (χ0) is 15.1. The van der Waals surface area contributed by atoms with Crippen LogP contribution in [0, 0.1) is 47.3 Å². The van der Waals surface area contributed by atoms with Gasteiger partial charge >= 0.3 is 0 Å². The van der Waals surface area contributed by atoms with E-state index in [1.165, 1.54) is 12.0 Å². The quantitative estimate of drug-likeness (QED) is 0.923. The van der Waals surface area contributed by atoms with Crippen molar-refractivity contribution in [2.75, 3.05) is 13.7 Å². The fourth-order valence-electron chi connectivity index (χ4n) is 8.94. The van der Waals surface area contributed by atoms with Gasteiger partial charge in [0.15, 0.2) is 0 Å². The van der Waals surface area contributed by atoms with E-state index in [0.717, 1.165) is 60.3 Å². The number of methoxy groups -OCH3 is 1. The van der Waals surface area contributed by atoms with Crippen LogP contribution in [-0.4, -0.2) is 35.4 Å². The standard InChI is InChI=1S/C20H23NO2/c1-23-10-4-2-3-9(7-10)5-6-21-19-15-11-8-12-14-13(11)16(19)18(14)20(21,22)17(12)15/h2-4,7,11-19,22H,5-6,8H2,1H3/t11-,12+,13-,14+,15+,16-,17-,18+,19-,20+/m0/s1. The van der Waals surface area contributed by atoms with Gasteiger partial charge < -0.3 is 9.84 Å². The van der Waals surface area contributed by atoms with Gasteiger partial charge in [0.25, 0.3) is 0 Å². The second-order valence-corrected chi connectivity index (χ2v) is 8.99. The Bertz CT molecular complexity index is 734. The van der Waals surface area contributed by atoms with Gasteiger partial charge in [-0.3, -0.25) is 4.90 Å². The van der Waals surface area contributed by atoms with Gasteiger partial charge in [-0.2, -0.15) is 0 Å². The summed E-state index contributed by atoms with van der Waals surface area (Å²) >= 11 is 0. The molecule has 0 aromatic heterocycles. The van der Waals surface area contributed by atoms with Crippen LogP contribution in [0.2, 0.25) is 0 Å². The second kappa shape index (κ2) is 3.48. The summed E-state index contributed by atoms with van der Waals surface area (Å²) < 4.78 is 5.35. The maximum atomic E-state index is 11.7. The highest BCUT2D eigenvalue weighted by molar-refractivity contribution is 5.40. The van der Waals surface area contributed by atoms with E-state index in [1.54, 1.807) is 7.11 Å². The Labute approximate surface area is 136 Å². The molecule has 0 amide bonds. The van der Waals surface area contributed by atoms with Crippen LogP contribution in [0.3, 0.4) is 0 Å². The third-order valence-electron chi connectivity index (χ3n) is 8.99. The lowest BCUT2D eigenvalue weighted by molar-refractivity contribution is -0.130. The van der Waals surface area contributed by atoms with Crippen molar-refractivity contribution < 1.29 is 9.84 Å². The highest BCUT2D eigenvalue weighted by Gasteiger charge is 2.93. The molecule has 5 saturated carbocycles. The summed E-state index contributed by atoms with van der Waals surface area (Å²) in [6.45, 7) is 1.02. The van der Waals surface area contributed by atoms with Gasteiger partial charge in [0.2, 0.25) is 0 Å². The predicted molar refractivity (Wildman–Crippen MR) is 84.7 cm³/mol. The molecular formula is C20H23NO2. The van der Waals surface area contributed by atoms with Gasteiger partial charge in [-0.15, -0.1) is 0 Å². The van der Waals surface area contributed by atoms with E-state index in [0.29, 0.717) is 11.8 Å². The third kappa shape index (κ3) is 1.02. The average Bonchev–Trinajstić information content (AvgIpc) is 3.18. The molecule has 2 aliphatic heterocycles. The summed E-state index contributed by atoms with van der Waals surface area (Å²) in [6, 6.07) is 9.14. The molecular weight excluding hydrogens is 286 g/mol.